The van der Waals surface area contributed by atoms with Crippen LogP contribution < -0.4 is 5.32 Å². The van der Waals surface area contributed by atoms with E-state index >= 15 is 0 Å². The third-order valence-corrected chi connectivity index (χ3v) is 5.33. The van der Waals surface area contributed by atoms with E-state index in [0.29, 0.717) is 10.6 Å². The van der Waals surface area contributed by atoms with E-state index in [1.54, 1.807) is 0 Å². The van der Waals surface area contributed by atoms with Crippen LogP contribution in [0.15, 0.2) is 12.1 Å². The molecule has 2 aromatic rings. The monoisotopic (exact) mass is 345 g/mol. The Morgan fingerprint density at radius 1 is 1.08 bits per heavy atom. The lowest BCUT2D eigenvalue weighted by Gasteiger charge is -2.12. The lowest BCUT2D eigenvalue weighted by atomic mass is 9.97. The minimum Gasteiger partial charge on any atom is -0.465 e. The van der Waals surface area contributed by atoms with Crippen molar-refractivity contribution in [1.82, 2.24) is 0 Å². The van der Waals surface area contributed by atoms with Crippen LogP contribution in [-0.4, -0.2) is 19.0 Å². The highest BCUT2D eigenvalue weighted by molar-refractivity contribution is 7.16. The smallest absolute Gasteiger partial charge is 0.341 e. The van der Waals surface area contributed by atoms with Gasteiger partial charge in [-0.1, -0.05) is 17.7 Å². The summed E-state index contributed by atoms with van der Waals surface area (Å²) in [7, 11) is 1.35. The summed E-state index contributed by atoms with van der Waals surface area (Å²) in [6.45, 7) is 9.87. The first-order valence-corrected chi connectivity index (χ1v) is 8.61. The van der Waals surface area contributed by atoms with Crippen molar-refractivity contribution < 1.29 is 14.3 Å². The van der Waals surface area contributed by atoms with E-state index in [2.05, 4.69) is 17.4 Å². The van der Waals surface area contributed by atoms with Gasteiger partial charge in [-0.05, 0) is 56.9 Å². The fraction of sp³-hybridized carbons (Fsp3) is 0.368. The molecule has 0 radical (unpaired) electrons. The molecule has 5 heteroatoms. The van der Waals surface area contributed by atoms with Gasteiger partial charge in [0.15, 0.2) is 0 Å². The number of carbonyl (C=O) groups excluding carboxylic acids is 2. The van der Waals surface area contributed by atoms with E-state index in [1.165, 1.54) is 24.0 Å². The molecule has 1 aromatic carbocycles. The molecule has 1 aromatic heterocycles. The van der Waals surface area contributed by atoms with Crippen molar-refractivity contribution in [2.45, 2.75) is 41.0 Å². The molecule has 0 bridgehead atoms. The maximum Gasteiger partial charge on any atom is 0.341 e. The molecule has 0 unspecified atom stereocenters. The second-order valence-electron chi connectivity index (χ2n) is 6.08. The van der Waals surface area contributed by atoms with Crippen LogP contribution >= 0.6 is 11.3 Å². The van der Waals surface area contributed by atoms with E-state index in [1.807, 2.05) is 34.6 Å². The van der Waals surface area contributed by atoms with E-state index in [-0.39, 0.29) is 12.3 Å². The number of methoxy groups -OCH3 is 1. The molecule has 0 spiro atoms. The minimum atomic E-state index is -0.421. The zero-order valence-electron chi connectivity index (χ0n) is 15.0. The summed E-state index contributed by atoms with van der Waals surface area (Å²) in [5, 5.41) is 3.44. The quantitative estimate of drug-likeness (QED) is 0.843. The number of thiophene rings is 1. The fourth-order valence-electron chi connectivity index (χ4n) is 2.88. The number of hydrogen-bond acceptors (Lipinski definition) is 4. The van der Waals surface area contributed by atoms with Gasteiger partial charge in [-0.2, -0.15) is 0 Å². The lowest BCUT2D eigenvalue weighted by molar-refractivity contribution is -0.115. The number of esters is 1. The van der Waals surface area contributed by atoms with Gasteiger partial charge in [0, 0.05) is 4.88 Å². The molecule has 1 heterocycles. The molecule has 24 heavy (non-hydrogen) atoms. The molecule has 0 fully saturated rings. The Hall–Kier alpha value is -2.14. The molecule has 1 N–H and O–H groups in total. The highest BCUT2D eigenvalue weighted by Crippen LogP contribution is 2.33. The topological polar surface area (TPSA) is 55.4 Å². The number of amides is 1. The van der Waals surface area contributed by atoms with Crippen molar-refractivity contribution in [3.63, 3.8) is 0 Å². The zero-order chi connectivity index (χ0) is 18.0. The van der Waals surface area contributed by atoms with Crippen LogP contribution in [0, 0.1) is 34.6 Å². The number of aryl methyl sites for hydroxylation is 4. The minimum absolute atomic E-state index is 0.128. The molecule has 0 aliphatic rings. The molecule has 1 amide bonds. The molecule has 4 nitrogen and oxygen atoms in total. The first-order chi connectivity index (χ1) is 11.2. The van der Waals surface area contributed by atoms with Gasteiger partial charge in [0.25, 0.3) is 0 Å². The van der Waals surface area contributed by atoms with Crippen molar-refractivity contribution in [1.29, 1.82) is 0 Å². The highest BCUT2D eigenvalue weighted by atomic mass is 32.1. The van der Waals surface area contributed by atoms with Crippen molar-refractivity contribution in [2.24, 2.45) is 0 Å². The van der Waals surface area contributed by atoms with Gasteiger partial charge in [-0.15, -0.1) is 11.3 Å². The summed E-state index contributed by atoms with van der Waals surface area (Å²) in [6, 6.07) is 4.16. The Bertz CT molecular complexity index is 782. The molecule has 0 aliphatic heterocycles. The van der Waals surface area contributed by atoms with Gasteiger partial charge in [-0.3, -0.25) is 4.79 Å². The first-order valence-electron chi connectivity index (χ1n) is 7.79. The zero-order valence-corrected chi connectivity index (χ0v) is 15.8. The molecule has 128 valence electrons. The van der Waals surface area contributed by atoms with Crippen LogP contribution in [0.3, 0.4) is 0 Å². The molecule has 0 saturated heterocycles. The fourth-order valence-corrected chi connectivity index (χ4v) is 3.95. The van der Waals surface area contributed by atoms with E-state index in [0.717, 1.165) is 27.1 Å². The molecule has 0 aliphatic carbocycles. The third-order valence-electron chi connectivity index (χ3n) is 4.21. The van der Waals surface area contributed by atoms with Crippen molar-refractivity contribution in [3.05, 3.63) is 50.4 Å². The summed E-state index contributed by atoms with van der Waals surface area (Å²) in [4.78, 5) is 25.5. The van der Waals surface area contributed by atoms with Crippen LogP contribution in [0.1, 0.15) is 43.1 Å². The molecular weight excluding hydrogens is 322 g/mol. The van der Waals surface area contributed by atoms with Gasteiger partial charge in [0.1, 0.15) is 5.00 Å². The largest absolute Gasteiger partial charge is 0.465 e. The number of nitrogens with one attached hydrogen (secondary N) is 1. The van der Waals surface area contributed by atoms with Crippen molar-refractivity contribution in [2.75, 3.05) is 12.4 Å². The standard InChI is InChI=1S/C19H23NO3S/c1-10-7-11(2)15(12(3)8-10)9-16(21)20-18-17(19(22)23-6)13(4)14(5)24-18/h7-8H,9H2,1-6H3,(H,20,21). The maximum atomic E-state index is 12.5. The number of ether oxygens (including phenoxy) is 1. The van der Waals surface area contributed by atoms with Gasteiger partial charge >= 0.3 is 5.97 Å². The van der Waals surface area contributed by atoms with Crippen LogP contribution in [0.2, 0.25) is 0 Å². The van der Waals surface area contributed by atoms with E-state index < -0.39 is 5.97 Å². The average Bonchev–Trinajstić information content (AvgIpc) is 2.76. The molecule has 2 rings (SSSR count). The Kier molecular flexibility index (Phi) is 5.44. The maximum absolute atomic E-state index is 12.5. The normalized spacial score (nSPS) is 10.6. The second kappa shape index (κ2) is 7.18. The Morgan fingerprint density at radius 2 is 1.67 bits per heavy atom. The predicted octanol–water partition coefficient (Wildman–Crippen LogP) is 4.26. The summed E-state index contributed by atoms with van der Waals surface area (Å²) < 4.78 is 4.84. The highest BCUT2D eigenvalue weighted by Gasteiger charge is 2.22. The van der Waals surface area contributed by atoms with E-state index in [4.69, 9.17) is 4.74 Å². The van der Waals surface area contributed by atoms with Crippen molar-refractivity contribution >= 4 is 28.2 Å². The van der Waals surface area contributed by atoms with Crippen LogP contribution in [0.4, 0.5) is 5.00 Å². The second-order valence-corrected chi connectivity index (χ2v) is 7.31. The van der Waals surface area contributed by atoms with Crippen LogP contribution in [0.5, 0.6) is 0 Å². The summed E-state index contributed by atoms with van der Waals surface area (Å²) in [5.41, 5.74) is 5.73. The SMILES string of the molecule is COC(=O)c1c(NC(=O)Cc2c(C)cc(C)cc2C)sc(C)c1C. The molecular formula is C19H23NO3S. The van der Waals surface area contributed by atoms with Crippen LogP contribution in [-0.2, 0) is 16.0 Å². The first kappa shape index (κ1) is 18.2. The lowest BCUT2D eigenvalue weighted by Crippen LogP contribution is -2.17. The van der Waals surface area contributed by atoms with Gasteiger partial charge in [0.05, 0.1) is 19.1 Å². The summed E-state index contributed by atoms with van der Waals surface area (Å²) >= 11 is 1.40. The predicted molar refractivity (Wildman–Crippen MR) is 98.1 cm³/mol. The number of carbonyl (C=O) groups is 2. The van der Waals surface area contributed by atoms with Gasteiger partial charge in [0.2, 0.25) is 5.91 Å². The number of hydrogen-bond donors (Lipinski definition) is 1. The van der Waals surface area contributed by atoms with E-state index in [9.17, 15) is 9.59 Å². The number of benzene rings is 1. The molecule has 0 atom stereocenters. The van der Waals surface area contributed by atoms with Gasteiger partial charge in [-0.25, -0.2) is 4.79 Å². The van der Waals surface area contributed by atoms with Crippen LogP contribution in [0.25, 0.3) is 0 Å². The third kappa shape index (κ3) is 3.67. The number of anilines is 1. The Labute approximate surface area is 146 Å². The Morgan fingerprint density at radius 3 is 2.21 bits per heavy atom. The summed E-state index contributed by atoms with van der Waals surface area (Å²) in [5.74, 6) is -0.550. The number of rotatable bonds is 4. The van der Waals surface area contributed by atoms with Gasteiger partial charge < -0.3 is 10.1 Å². The average molecular weight is 345 g/mol. The summed E-state index contributed by atoms with van der Waals surface area (Å²) in [6.07, 6.45) is 0.286. The molecule has 0 saturated carbocycles. The van der Waals surface area contributed by atoms with Crippen molar-refractivity contribution in [3.8, 4) is 0 Å². The Balaban J connectivity index is 2.26.